The van der Waals surface area contributed by atoms with Crippen molar-refractivity contribution in [3.8, 4) is 55.6 Å². The summed E-state index contributed by atoms with van der Waals surface area (Å²) < 4.78 is 0. The smallest absolute Gasteiger partial charge is 0.00199 e. The van der Waals surface area contributed by atoms with Crippen LogP contribution in [0.1, 0.15) is 59.7 Å². The molecule has 0 nitrogen and oxygen atoms in total. The van der Waals surface area contributed by atoms with E-state index in [1.54, 1.807) is 0 Å². The van der Waals surface area contributed by atoms with Crippen LogP contribution < -0.4 is 0 Å². The van der Waals surface area contributed by atoms with Gasteiger partial charge in [-0.1, -0.05) is 249 Å². The second-order valence-electron chi connectivity index (χ2n) is 17.8. The van der Waals surface area contributed by atoms with Crippen molar-refractivity contribution in [2.75, 3.05) is 0 Å². The Morgan fingerprint density at radius 2 is 0.779 bits per heavy atom. The van der Waals surface area contributed by atoms with E-state index >= 15 is 0 Å². The largest absolute Gasteiger partial charge is 0.0955 e. The molecule has 0 unspecified atom stereocenters. The molecule has 0 atom stereocenters. The van der Waals surface area contributed by atoms with Gasteiger partial charge in [0.1, 0.15) is 0 Å². The molecule has 9 rings (SSSR count). The van der Waals surface area contributed by atoms with E-state index in [1.807, 2.05) is 31.2 Å². The third kappa shape index (κ3) is 11.8. The van der Waals surface area contributed by atoms with Crippen molar-refractivity contribution < 1.29 is 0 Å². The number of hydrogen-bond acceptors (Lipinski definition) is 0. The van der Waals surface area contributed by atoms with Crippen molar-refractivity contribution in [2.24, 2.45) is 0 Å². The molecule has 0 heterocycles. The van der Waals surface area contributed by atoms with Crippen molar-refractivity contribution in [1.82, 2.24) is 0 Å². The van der Waals surface area contributed by atoms with Crippen molar-refractivity contribution in [2.45, 2.75) is 54.9 Å². The molecule has 0 radical (unpaired) electrons. The third-order valence-electron chi connectivity index (χ3n) is 13.0. The molecule has 68 heavy (non-hydrogen) atoms. The average Bonchev–Trinajstić information content (AvgIpc) is 3.38. The Bertz CT molecular complexity index is 3090. The minimum atomic E-state index is 0.770. The summed E-state index contributed by atoms with van der Waals surface area (Å²) in [5, 5.41) is 0. The molecule has 0 fully saturated rings. The lowest BCUT2D eigenvalue weighted by molar-refractivity contribution is 1.13. The predicted molar refractivity (Wildman–Crippen MR) is 298 cm³/mol. The highest BCUT2D eigenvalue weighted by atomic mass is 14.2. The van der Waals surface area contributed by atoms with Crippen molar-refractivity contribution in [3.05, 3.63) is 288 Å². The lowest BCUT2D eigenvalue weighted by Crippen LogP contribution is -2.03. The molecule has 0 aliphatic heterocycles. The minimum Gasteiger partial charge on any atom is -0.0955 e. The van der Waals surface area contributed by atoms with Gasteiger partial charge in [0.05, 0.1) is 0 Å². The summed E-state index contributed by atoms with van der Waals surface area (Å²) in [6.45, 7) is 23.9. The Kier molecular flexibility index (Phi) is 16.3. The number of allylic oxidation sites excluding steroid dienone is 4. The van der Waals surface area contributed by atoms with Crippen LogP contribution in [0.25, 0.3) is 66.8 Å². The molecule has 9 aromatic carbocycles. The van der Waals surface area contributed by atoms with Gasteiger partial charge in [-0.2, -0.15) is 0 Å². The molecule has 0 saturated carbocycles. The monoisotopic (exact) mass is 881 g/mol. The van der Waals surface area contributed by atoms with Gasteiger partial charge >= 0.3 is 0 Å². The normalized spacial score (nSPS) is 11.0. The molecular formula is C68H64. The van der Waals surface area contributed by atoms with Crippen LogP contribution in [0.4, 0.5) is 0 Å². The minimum absolute atomic E-state index is 0.770. The Labute approximate surface area is 407 Å². The first kappa shape index (κ1) is 48.1. The molecule has 0 bridgehead atoms. The SMILES string of the molecule is C=C(C)c1ccccc1.C=C(Cc1c(-c2ccccc2C)ccc(-c2ccccc2C)c1C)/C(C)=C(\C)c1c(-c2ccccc2)cccc1-c1ccccc1.Cc1cccc(-c2ccccc2)c1. The van der Waals surface area contributed by atoms with Crippen LogP contribution in [-0.2, 0) is 6.42 Å². The zero-order valence-corrected chi connectivity index (χ0v) is 41.0. The van der Waals surface area contributed by atoms with Crippen LogP contribution in [-0.4, -0.2) is 0 Å². The Morgan fingerprint density at radius 1 is 0.368 bits per heavy atom. The van der Waals surface area contributed by atoms with Crippen molar-refractivity contribution >= 4 is 11.1 Å². The van der Waals surface area contributed by atoms with Gasteiger partial charge in [-0.15, -0.1) is 0 Å². The van der Waals surface area contributed by atoms with Crippen LogP contribution >= 0.6 is 0 Å². The van der Waals surface area contributed by atoms with E-state index in [0.717, 1.165) is 17.6 Å². The van der Waals surface area contributed by atoms with Gasteiger partial charge in [-0.25, -0.2) is 0 Å². The maximum atomic E-state index is 4.76. The van der Waals surface area contributed by atoms with Crippen LogP contribution in [0.5, 0.6) is 0 Å². The first-order valence-corrected chi connectivity index (χ1v) is 23.7. The summed E-state index contributed by atoms with van der Waals surface area (Å²) in [6.07, 6.45) is 0.770. The van der Waals surface area contributed by atoms with Crippen LogP contribution in [0, 0.1) is 27.7 Å². The summed E-state index contributed by atoms with van der Waals surface area (Å²) in [5.74, 6) is 0. The zero-order valence-electron chi connectivity index (χ0n) is 41.0. The van der Waals surface area contributed by atoms with E-state index in [4.69, 9.17) is 6.58 Å². The molecule has 9 aromatic rings. The third-order valence-corrected chi connectivity index (χ3v) is 13.0. The topological polar surface area (TPSA) is 0 Å². The predicted octanol–water partition coefficient (Wildman–Crippen LogP) is 19.3. The number of rotatable bonds is 10. The maximum Gasteiger partial charge on any atom is -0.00199 e. The lowest BCUT2D eigenvalue weighted by Gasteiger charge is -2.22. The van der Waals surface area contributed by atoms with Gasteiger partial charge in [0, 0.05) is 0 Å². The quantitative estimate of drug-likeness (QED) is 0.120. The molecule has 0 aromatic heterocycles. The molecular weight excluding hydrogens is 817 g/mol. The van der Waals surface area contributed by atoms with E-state index in [2.05, 4.69) is 248 Å². The maximum absolute atomic E-state index is 4.76. The number of aryl methyl sites for hydroxylation is 3. The Balaban J connectivity index is 0.000000252. The molecule has 0 saturated heterocycles. The molecule has 0 heteroatoms. The molecule has 336 valence electrons. The summed E-state index contributed by atoms with van der Waals surface area (Å²) >= 11 is 0. The van der Waals surface area contributed by atoms with E-state index in [1.165, 1.54) is 106 Å². The summed E-state index contributed by atoms with van der Waals surface area (Å²) in [5.41, 5.74) is 26.4. The average molecular weight is 881 g/mol. The van der Waals surface area contributed by atoms with E-state index in [9.17, 15) is 0 Å². The second-order valence-corrected chi connectivity index (χ2v) is 17.8. The van der Waals surface area contributed by atoms with E-state index in [0.29, 0.717) is 0 Å². The standard InChI is InChI=1S/C46H42.C13H12.C9H10/c1-31-18-13-15-24-39(31)41-28-29-44(40-25-16-14-19-32(40)2)45(36(41)6)30-33(3)34(4)35(5)46-42(37-20-9-7-10-21-37)26-17-27-43(46)38-22-11-8-12-23-38;1-11-6-5-9-13(10-11)12-7-3-2-4-8-12;1-8(2)9-6-4-3-5-7-9/h7-29H,3,30H2,1-2,4-6H3;2-10H,1H3;3-7H,1H2,2H3/b35-34+;;. The van der Waals surface area contributed by atoms with Gasteiger partial charge < -0.3 is 0 Å². The molecule has 0 aliphatic carbocycles. The van der Waals surface area contributed by atoms with Gasteiger partial charge in [0.25, 0.3) is 0 Å². The highest BCUT2D eigenvalue weighted by molar-refractivity contribution is 5.92. The van der Waals surface area contributed by atoms with Gasteiger partial charge in [0.15, 0.2) is 0 Å². The highest BCUT2D eigenvalue weighted by Crippen LogP contribution is 2.41. The van der Waals surface area contributed by atoms with Crippen LogP contribution in [0.15, 0.2) is 249 Å². The fraction of sp³-hybridized carbons (Fsp3) is 0.118. The van der Waals surface area contributed by atoms with Crippen LogP contribution in [0.3, 0.4) is 0 Å². The highest BCUT2D eigenvalue weighted by Gasteiger charge is 2.20. The summed E-state index contributed by atoms with van der Waals surface area (Å²) in [6, 6.07) is 79.4. The Hall–Kier alpha value is -7.80. The summed E-state index contributed by atoms with van der Waals surface area (Å²) in [7, 11) is 0. The van der Waals surface area contributed by atoms with Crippen LogP contribution in [0.2, 0.25) is 0 Å². The second kappa shape index (κ2) is 23.1. The molecule has 0 spiro atoms. The van der Waals surface area contributed by atoms with Crippen molar-refractivity contribution in [1.29, 1.82) is 0 Å². The van der Waals surface area contributed by atoms with E-state index in [-0.39, 0.29) is 0 Å². The lowest BCUT2D eigenvalue weighted by atomic mass is 9.82. The van der Waals surface area contributed by atoms with E-state index < -0.39 is 0 Å². The molecule has 0 aliphatic rings. The zero-order chi connectivity index (χ0) is 48.0. The van der Waals surface area contributed by atoms with Gasteiger partial charge in [-0.05, 0) is 161 Å². The fourth-order valence-corrected chi connectivity index (χ4v) is 8.93. The van der Waals surface area contributed by atoms with Crippen molar-refractivity contribution in [3.63, 3.8) is 0 Å². The molecule has 0 N–H and O–H groups in total. The number of benzene rings is 9. The van der Waals surface area contributed by atoms with Gasteiger partial charge in [0.2, 0.25) is 0 Å². The first-order valence-electron chi connectivity index (χ1n) is 23.7. The van der Waals surface area contributed by atoms with Gasteiger partial charge in [-0.3, -0.25) is 0 Å². The fourth-order valence-electron chi connectivity index (χ4n) is 8.93. The first-order chi connectivity index (χ1) is 33.0. The molecule has 0 amide bonds. The number of hydrogen-bond donors (Lipinski definition) is 0. The summed E-state index contributed by atoms with van der Waals surface area (Å²) in [4.78, 5) is 0. The Morgan fingerprint density at radius 3 is 1.26 bits per heavy atom.